The van der Waals surface area contributed by atoms with E-state index in [0.717, 1.165) is 42.5 Å². The molecule has 8 nitrogen and oxygen atoms in total. The molecule has 9 heteroatoms. The second kappa shape index (κ2) is 11.6. The molecule has 1 aromatic heterocycles. The van der Waals surface area contributed by atoms with Crippen molar-refractivity contribution in [3.63, 3.8) is 0 Å². The topological polar surface area (TPSA) is 85.0 Å². The molecule has 150 valence electrons. The van der Waals surface area contributed by atoms with E-state index >= 15 is 0 Å². The normalized spacial score (nSPS) is 10.9. The number of hydrogen-bond acceptors (Lipinski definition) is 6. The summed E-state index contributed by atoms with van der Waals surface area (Å²) in [6, 6.07) is 5.96. The summed E-state index contributed by atoms with van der Waals surface area (Å²) in [5.41, 5.74) is 1.16. The van der Waals surface area contributed by atoms with E-state index in [9.17, 15) is 0 Å². The van der Waals surface area contributed by atoms with Crippen LogP contribution in [-0.2, 0) is 13.0 Å². The third-order valence-electron chi connectivity index (χ3n) is 3.81. The molecule has 0 spiro atoms. The Kier molecular flexibility index (Phi) is 9.90. The SMILES string of the molecule is CCNC(=NCc1nc(C)no1)N(C)CCc1ccc(OC)c(OC)c1.I. The Morgan fingerprint density at radius 1 is 1.26 bits per heavy atom. The lowest BCUT2D eigenvalue weighted by molar-refractivity contribution is 0.354. The van der Waals surface area contributed by atoms with Crippen LogP contribution in [0.4, 0.5) is 0 Å². The lowest BCUT2D eigenvalue weighted by Gasteiger charge is -2.22. The van der Waals surface area contributed by atoms with Gasteiger partial charge < -0.3 is 24.2 Å². The van der Waals surface area contributed by atoms with Crippen LogP contribution in [0.2, 0.25) is 0 Å². The Morgan fingerprint density at radius 3 is 2.59 bits per heavy atom. The van der Waals surface area contributed by atoms with Gasteiger partial charge in [0.05, 0.1) is 14.2 Å². The van der Waals surface area contributed by atoms with Crippen LogP contribution in [-0.4, -0.2) is 55.4 Å². The number of nitrogens with zero attached hydrogens (tertiary/aromatic N) is 4. The van der Waals surface area contributed by atoms with Gasteiger partial charge in [0.2, 0.25) is 5.89 Å². The fourth-order valence-electron chi connectivity index (χ4n) is 2.46. The average molecular weight is 489 g/mol. The smallest absolute Gasteiger partial charge is 0.248 e. The number of aryl methyl sites for hydroxylation is 1. The van der Waals surface area contributed by atoms with Crippen molar-refractivity contribution in [3.8, 4) is 11.5 Å². The lowest BCUT2D eigenvalue weighted by Crippen LogP contribution is -2.40. The molecule has 0 aliphatic heterocycles. The largest absolute Gasteiger partial charge is 0.493 e. The van der Waals surface area contributed by atoms with E-state index in [-0.39, 0.29) is 24.0 Å². The first-order valence-electron chi connectivity index (χ1n) is 8.56. The van der Waals surface area contributed by atoms with Gasteiger partial charge in [-0.1, -0.05) is 11.2 Å². The van der Waals surface area contributed by atoms with Gasteiger partial charge in [-0.3, -0.25) is 0 Å². The highest BCUT2D eigenvalue weighted by Gasteiger charge is 2.09. The predicted molar refractivity (Wildman–Crippen MR) is 115 cm³/mol. The maximum atomic E-state index is 5.36. The Hall–Kier alpha value is -2.04. The molecule has 0 radical (unpaired) electrons. The van der Waals surface area contributed by atoms with Gasteiger partial charge in [0.15, 0.2) is 23.3 Å². The number of ether oxygens (including phenoxy) is 2. The Morgan fingerprint density at radius 2 is 2.00 bits per heavy atom. The number of rotatable bonds is 8. The van der Waals surface area contributed by atoms with Crippen molar-refractivity contribution in [2.45, 2.75) is 26.8 Å². The van der Waals surface area contributed by atoms with E-state index in [4.69, 9.17) is 14.0 Å². The number of benzene rings is 1. The molecule has 0 unspecified atom stereocenters. The summed E-state index contributed by atoms with van der Waals surface area (Å²) in [5.74, 6) is 3.38. The summed E-state index contributed by atoms with van der Waals surface area (Å²) >= 11 is 0. The average Bonchev–Trinajstić information content (AvgIpc) is 3.08. The number of guanidine groups is 1. The van der Waals surface area contributed by atoms with Crippen molar-refractivity contribution < 1.29 is 14.0 Å². The molecule has 0 aliphatic rings. The highest BCUT2D eigenvalue weighted by Crippen LogP contribution is 2.27. The van der Waals surface area contributed by atoms with Crippen LogP contribution in [0.25, 0.3) is 0 Å². The fourth-order valence-corrected chi connectivity index (χ4v) is 2.46. The predicted octanol–water partition coefficient (Wildman–Crippen LogP) is 2.65. The van der Waals surface area contributed by atoms with Gasteiger partial charge in [0.1, 0.15) is 6.54 Å². The van der Waals surface area contributed by atoms with Crippen LogP contribution in [0, 0.1) is 6.92 Å². The Bertz CT molecular complexity index is 736. The van der Waals surface area contributed by atoms with Crippen molar-refractivity contribution in [2.75, 3.05) is 34.4 Å². The molecule has 0 saturated carbocycles. The Balaban J connectivity index is 0.00000364. The third-order valence-corrected chi connectivity index (χ3v) is 3.81. The minimum Gasteiger partial charge on any atom is -0.493 e. The lowest BCUT2D eigenvalue weighted by atomic mass is 10.1. The molecule has 0 fully saturated rings. The molecule has 1 heterocycles. The zero-order valence-electron chi connectivity index (χ0n) is 16.5. The highest BCUT2D eigenvalue weighted by molar-refractivity contribution is 14.0. The molecular formula is C18H28IN5O3. The molecule has 0 amide bonds. The highest BCUT2D eigenvalue weighted by atomic mass is 127. The van der Waals surface area contributed by atoms with Crippen LogP contribution in [0.1, 0.15) is 24.2 Å². The first-order chi connectivity index (χ1) is 12.6. The van der Waals surface area contributed by atoms with Gasteiger partial charge >= 0.3 is 0 Å². The first-order valence-corrected chi connectivity index (χ1v) is 8.56. The summed E-state index contributed by atoms with van der Waals surface area (Å²) < 4.78 is 15.7. The number of nitrogens with one attached hydrogen (secondary N) is 1. The third kappa shape index (κ3) is 6.89. The number of aromatic nitrogens is 2. The molecule has 1 aromatic carbocycles. The van der Waals surface area contributed by atoms with Gasteiger partial charge in [-0.15, -0.1) is 24.0 Å². The van der Waals surface area contributed by atoms with E-state index in [0.29, 0.717) is 18.3 Å². The molecule has 0 saturated heterocycles. The van der Waals surface area contributed by atoms with Crippen LogP contribution < -0.4 is 14.8 Å². The number of aliphatic imine (C=N–C) groups is 1. The van der Waals surface area contributed by atoms with Gasteiger partial charge in [0.25, 0.3) is 0 Å². The number of methoxy groups -OCH3 is 2. The van der Waals surface area contributed by atoms with Crippen LogP contribution in [0.5, 0.6) is 11.5 Å². The van der Waals surface area contributed by atoms with E-state index < -0.39 is 0 Å². The summed E-state index contributed by atoms with van der Waals surface area (Å²) in [5, 5.41) is 7.06. The molecular weight excluding hydrogens is 461 g/mol. The van der Waals surface area contributed by atoms with E-state index in [1.807, 2.05) is 32.2 Å². The molecule has 27 heavy (non-hydrogen) atoms. The van der Waals surface area contributed by atoms with Crippen molar-refractivity contribution in [2.24, 2.45) is 4.99 Å². The maximum Gasteiger partial charge on any atom is 0.248 e. The molecule has 0 bridgehead atoms. The summed E-state index contributed by atoms with van der Waals surface area (Å²) in [6.07, 6.45) is 0.848. The minimum absolute atomic E-state index is 0. The Labute approximate surface area is 177 Å². The summed E-state index contributed by atoms with van der Waals surface area (Å²) in [4.78, 5) is 10.8. The zero-order chi connectivity index (χ0) is 18.9. The second-order valence-electron chi connectivity index (χ2n) is 5.77. The van der Waals surface area contributed by atoms with Crippen LogP contribution in [0.3, 0.4) is 0 Å². The van der Waals surface area contributed by atoms with Crippen LogP contribution in [0.15, 0.2) is 27.7 Å². The standard InChI is InChI=1S/C18H27N5O3.HI/c1-6-19-18(20-12-17-21-13(2)22-26-17)23(3)10-9-14-7-8-15(24-4)16(11-14)25-5;/h7-8,11H,6,9-10,12H2,1-5H3,(H,19,20);1H. The van der Waals surface area contributed by atoms with E-state index in [1.54, 1.807) is 21.1 Å². The van der Waals surface area contributed by atoms with E-state index in [2.05, 4.69) is 25.3 Å². The number of likely N-dealkylation sites (N-methyl/N-ethyl adjacent to an activating group) is 1. The van der Waals surface area contributed by atoms with Crippen LogP contribution >= 0.6 is 24.0 Å². The molecule has 2 aromatic rings. The van der Waals surface area contributed by atoms with Crippen molar-refractivity contribution >= 4 is 29.9 Å². The molecule has 1 N–H and O–H groups in total. The molecule has 0 atom stereocenters. The minimum atomic E-state index is 0. The van der Waals surface area contributed by atoms with Gasteiger partial charge in [-0.2, -0.15) is 4.98 Å². The molecule has 0 aliphatic carbocycles. The first kappa shape index (κ1) is 23.0. The van der Waals surface area contributed by atoms with Crippen molar-refractivity contribution in [3.05, 3.63) is 35.5 Å². The summed E-state index contributed by atoms with van der Waals surface area (Å²) in [7, 11) is 5.28. The van der Waals surface area contributed by atoms with Gasteiger partial charge in [0, 0.05) is 20.1 Å². The monoisotopic (exact) mass is 489 g/mol. The zero-order valence-corrected chi connectivity index (χ0v) is 18.8. The fraction of sp³-hybridized carbons (Fsp3) is 0.500. The van der Waals surface area contributed by atoms with E-state index in [1.165, 1.54) is 0 Å². The number of hydrogen-bond donors (Lipinski definition) is 1. The van der Waals surface area contributed by atoms with Gasteiger partial charge in [-0.05, 0) is 38.0 Å². The van der Waals surface area contributed by atoms with Crippen molar-refractivity contribution in [1.29, 1.82) is 0 Å². The quantitative estimate of drug-likeness (QED) is 0.347. The maximum absolute atomic E-state index is 5.36. The summed E-state index contributed by atoms with van der Waals surface area (Å²) in [6.45, 7) is 5.75. The second-order valence-corrected chi connectivity index (χ2v) is 5.77. The number of halogens is 1. The molecule has 2 rings (SSSR count). The van der Waals surface area contributed by atoms with Gasteiger partial charge in [-0.25, -0.2) is 4.99 Å². The van der Waals surface area contributed by atoms with Crippen molar-refractivity contribution in [1.82, 2.24) is 20.4 Å².